The van der Waals surface area contributed by atoms with Gasteiger partial charge >= 0.3 is 0 Å². The molecule has 0 aromatic carbocycles. The molecule has 0 atom stereocenters. The van der Waals surface area contributed by atoms with Gasteiger partial charge in [0, 0.05) is 12.6 Å². The van der Waals surface area contributed by atoms with Gasteiger partial charge in [-0.25, -0.2) is 4.98 Å². The fraction of sp³-hybridized carbons (Fsp3) is 0.200. The van der Waals surface area contributed by atoms with E-state index >= 15 is 0 Å². The number of aromatic nitrogens is 1. The van der Waals surface area contributed by atoms with Crippen LogP contribution in [0, 0.1) is 12.3 Å². The molecule has 0 saturated carbocycles. The normalized spacial score (nSPS) is 9.00. The second-order valence-corrected chi connectivity index (χ2v) is 2.32. The summed E-state index contributed by atoms with van der Waals surface area (Å²) >= 11 is 0. The monoisotopic (exact) mass is 159 g/mol. The van der Waals surface area contributed by atoms with Gasteiger partial charge in [-0.05, 0) is 18.1 Å². The van der Waals surface area contributed by atoms with E-state index in [1.807, 2.05) is 0 Å². The zero-order valence-electron chi connectivity index (χ0n) is 6.87. The van der Waals surface area contributed by atoms with Crippen molar-refractivity contribution in [2.24, 2.45) is 0 Å². The number of carbonyl (C=O) groups is 1. The molecule has 1 heterocycles. The van der Waals surface area contributed by atoms with Crippen molar-refractivity contribution in [2.45, 2.75) is 13.3 Å². The summed E-state index contributed by atoms with van der Waals surface area (Å²) in [6.07, 6.45) is 7.22. The van der Waals surface area contributed by atoms with E-state index in [0.717, 1.165) is 0 Å². The Labute approximate surface area is 71.6 Å². The molecule has 0 amide bonds. The minimum Gasteiger partial charge on any atom is -0.294 e. The van der Waals surface area contributed by atoms with Crippen molar-refractivity contribution in [2.75, 3.05) is 0 Å². The first-order valence-corrected chi connectivity index (χ1v) is 3.74. The van der Waals surface area contributed by atoms with E-state index in [1.165, 1.54) is 0 Å². The largest absolute Gasteiger partial charge is 0.294 e. The summed E-state index contributed by atoms with van der Waals surface area (Å²) in [5.41, 5.74) is 0.979. The van der Waals surface area contributed by atoms with Crippen molar-refractivity contribution in [1.29, 1.82) is 0 Å². The highest BCUT2D eigenvalue weighted by Gasteiger charge is 2.07. The van der Waals surface area contributed by atoms with Crippen LogP contribution in [0.15, 0.2) is 18.3 Å². The molecule has 1 rings (SSSR count). The minimum absolute atomic E-state index is 0.0380. The van der Waals surface area contributed by atoms with Gasteiger partial charge in [0.1, 0.15) is 5.69 Å². The van der Waals surface area contributed by atoms with Crippen LogP contribution in [0.4, 0.5) is 0 Å². The lowest BCUT2D eigenvalue weighted by Gasteiger charge is -1.98. The van der Waals surface area contributed by atoms with Crippen LogP contribution in [0.2, 0.25) is 0 Å². The van der Waals surface area contributed by atoms with E-state index in [2.05, 4.69) is 10.9 Å². The number of ketones is 1. The van der Waals surface area contributed by atoms with Crippen LogP contribution in [0.25, 0.3) is 0 Å². The summed E-state index contributed by atoms with van der Waals surface area (Å²) in [5, 5.41) is 0. The summed E-state index contributed by atoms with van der Waals surface area (Å²) in [7, 11) is 0. The summed E-state index contributed by atoms with van der Waals surface area (Å²) in [6.45, 7) is 1.80. The first-order chi connectivity index (χ1) is 5.79. The predicted molar refractivity (Wildman–Crippen MR) is 46.8 cm³/mol. The van der Waals surface area contributed by atoms with Crippen LogP contribution in [0.5, 0.6) is 0 Å². The molecular formula is C10H9NO. The summed E-state index contributed by atoms with van der Waals surface area (Å²) in [5.74, 6) is 2.42. The van der Waals surface area contributed by atoms with Crippen LogP contribution in [-0.4, -0.2) is 10.8 Å². The van der Waals surface area contributed by atoms with Crippen molar-refractivity contribution in [3.63, 3.8) is 0 Å². The molecule has 0 saturated heterocycles. The maximum atomic E-state index is 11.3. The Hall–Kier alpha value is -1.62. The Kier molecular flexibility index (Phi) is 2.60. The van der Waals surface area contributed by atoms with Crippen LogP contribution in [0.3, 0.4) is 0 Å². The number of hydrogen-bond donors (Lipinski definition) is 0. The van der Waals surface area contributed by atoms with Gasteiger partial charge in [-0.15, -0.1) is 6.42 Å². The van der Waals surface area contributed by atoms with Crippen LogP contribution < -0.4 is 0 Å². The Balaban J connectivity index is 3.16. The van der Waals surface area contributed by atoms with Gasteiger partial charge in [-0.2, -0.15) is 0 Å². The first-order valence-electron chi connectivity index (χ1n) is 3.74. The van der Waals surface area contributed by atoms with Crippen LogP contribution in [0.1, 0.15) is 29.4 Å². The van der Waals surface area contributed by atoms with Crippen molar-refractivity contribution in [1.82, 2.24) is 4.98 Å². The maximum Gasteiger partial charge on any atom is 0.165 e. The summed E-state index contributed by atoms with van der Waals surface area (Å²) in [4.78, 5) is 15.2. The van der Waals surface area contributed by atoms with E-state index in [1.54, 1.807) is 25.3 Å². The molecule has 0 bridgehead atoms. The lowest BCUT2D eigenvalue weighted by Crippen LogP contribution is -2.01. The van der Waals surface area contributed by atoms with Crippen molar-refractivity contribution >= 4 is 5.78 Å². The highest BCUT2D eigenvalue weighted by Crippen LogP contribution is 2.06. The second-order valence-electron chi connectivity index (χ2n) is 2.32. The molecule has 0 aliphatic heterocycles. The lowest BCUT2D eigenvalue weighted by atomic mass is 10.1. The molecule has 0 N–H and O–H groups in total. The molecule has 0 fully saturated rings. The Morgan fingerprint density at radius 2 is 2.50 bits per heavy atom. The second kappa shape index (κ2) is 3.68. The molecule has 12 heavy (non-hydrogen) atoms. The zero-order valence-corrected chi connectivity index (χ0v) is 6.87. The predicted octanol–water partition coefficient (Wildman–Crippen LogP) is 1.66. The van der Waals surface area contributed by atoms with Gasteiger partial charge < -0.3 is 0 Å². The van der Waals surface area contributed by atoms with Gasteiger partial charge in [-0.1, -0.05) is 6.92 Å². The van der Waals surface area contributed by atoms with E-state index in [4.69, 9.17) is 6.42 Å². The van der Waals surface area contributed by atoms with Crippen LogP contribution >= 0.6 is 0 Å². The third-order valence-corrected chi connectivity index (χ3v) is 1.57. The number of hydrogen-bond acceptors (Lipinski definition) is 2. The Bertz CT molecular complexity index is 336. The SMILES string of the molecule is C#Cc1ncccc1C(=O)CC. The molecule has 0 unspecified atom stereocenters. The van der Waals surface area contributed by atoms with Gasteiger partial charge in [-0.3, -0.25) is 4.79 Å². The lowest BCUT2D eigenvalue weighted by molar-refractivity contribution is 0.0987. The quantitative estimate of drug-likeness (QED) is 0.485. The summed E-state index contributed by atoms with van der Waals surface area (Å²) in [6, 6.07) is 3.41. The third-order valence-electron chi connectivity index (χ3n) is 1.57. The molecule has 2 nitrogen and oxygen atoms in total. The molecule has 1 aromatic rings. The Morgan fingerprint density at radius 3 is 3.08 bits per heavy atom. The molecule has 0 radical (unpaired) electrons. The average Bonchev–Trinajstić information content (AvgIpc) is 2.16. The minimum atomic E-state index is 0.0380. The van der Waals surface area contributed by atoms with E-state index in [9.17, 15) is 4.79 Å². The molecular weight excluding hydrogens is 150 g/mol. The van der Waals surface area contributed by atoms with E-state index < -0.39 is 0 Å². The Morgan fingerprint density at radius 1 is 1.75 bits per heavy atom. The van der Waals surface area contributed by atoms with Crippen LogP contribution in [-0.2, 0) is 0 Å². The summed E-state index contributed by atoms with van der Waals surface area (Å²) < 4.78 is 0. The smallest absolute Gasteiger partial charge is 0.165 e. The highest BCUT2D eigenvalue weighted by molar-refractivity contribution is 5.97. The standard InChI is InChI=1S/C10H9NO/c1-3-9-8(10(12)4-2)6-5-7-11-9/h1,5-7H,4H2,2H3. The van der Waals surface area contributed by atoms with E-state index in [-0.39, 0.29) is 5.78 Å². The number of rotatable bonds is 2. The molecule has 1 aromatic heterocycles. The number of pyridine rings is 1. The third kappa shape index (κ3) is 1.51. The molecule has 0 aliphatic carbocycles. The topological polar surface area (TPSA) is 30.0 Å². The van der Waals surface area contributed by atoms with Gasteiger partial charge in [0.15, 0.2) is 5.78 Å². The molecule has 60 valence electrons. The molecule has 2 heteroatoms. The van der Waals surface area contributed by atoms with Gasteiger partial charge in [0.05, 0.1) is 5.56 Å². The first kappa shape index (κ1) is 8.48. The van der Waals surface area contributed by atoms with Crippen molar-refractivity contribution in [3.05, 3.63) is 29.6 Å². The number of terminal acetylenes is 1. The van der Waals surface area contributed by atoms with E-state index in [0.29, 0.717) is 17.7 Å². The number of nitrogens with zero attached hydrogens (tertiary/aromatic N) is 1. The van der Waals surface area contributed by atoms with Gasteiger partial charge in [0.2, 0.25) is 0 Å². The van der Waals surface area contributed by atoms with Crippen molar-refractivity contribution in [3.8, 4) is 12.3 Å². The molecule has 0 aliphatic rings. The molecule has 0 spiro atoms. The zero-order chi connectivity index (χ0) is 8.97. The average molecular weight is 159 g/mol. The fourth-order valence-electron chi connectivity index (χ4n) is 0.936. The number of Topliss-reactive ketones (excluding diaryl/α,β-unsaturated/α-hetero) is 1. The van der Waals surface area contributed by atoms with Crippen molar-refractivity contribution < 1.29 is 4.79 Å². The maximum absolute atomic E-state index is 11.3. The van der Waals surface area contributed by atoms with Gasteiger partial charge in [0.25, 0.3) is 0 Å². The highest BCUT2D eigenvalue weighted by atomic mass is 16.1. The number of carbonyl (C=O) groups excluding carboxylic acids is 1. The fourth-order valence-corrected chi connectivity index (χ4v) is 0.936.